The van der Waals surface area contributed by atoms with Gasteiger partial charge in [0.25, 0.3) is 0 Å². The lowest BCUT2D eigenvalue weighted by molar-refractivity contribution is 0.0993. The smallest absolute Gasteiger partial charge is 0.192 e. The maximum atomic E-state index is 13.2. The second-order valence-electron chi connectivity index (χ2n) is 8.09. The highest BCUT2D eigenvalue weighted by molar-refractivity contribution is 8.00. The Hall–Kier alpha value is -2.31. The first-order valence-electron chi connectivity index (χ1n) is 10.4. The summed E-state index contributed by atoms with van der Waals surface area (Å²) in [4.78, 5) is 13.2. The van der Waals surface area contributed by atoms with E-state index in [0.29, 0.717) is 16.8 Å². The molecule has 0 amide bonds. The van der Waals surface area contributed by atoms with E-state index in [-0.39, 0.29) is 17.6 Å². The first-order valence-corrected chi connectivity index (χ1v) is 11.7. The lowest BCUT2D eigenvalue weighted by Crippen LogP contribution is -2.17. The van der Waals surface area contributed by atoms with Crippen LogP contribution in [-0.2, 0) is 6.61 Å². The van der Waals surface area contributed by atoms with Gasteiger partial charge in [0, 0.05) is 11.6 Å². The lowest BCUT2D eigenvalue weighted by atomic mass is 9.97. The Labute approximate surface area is 192 Å². The summed E-state index contributed by atoms with van der Waals surface area (Å²) in [6.07, 6.45) is 2.17. The van der Waals surface area contributed by atoms with E-state index in [1.807, 2.05) is 45.0 Å². The number of carbonyl (C=O) groups is 1. The van der Waals surface area contributed by atoms with E-state index in [4.69, 9.17) is 16.3 Å². The highest BCUT2D eigenvalue weighted by Crippen LogP contribution is 2.40. The summed E-state index contributed by atoms with van der Waals surface area (Å²) in [7, 11) is 0. The topological polar surface area (TPSA) is 57.0 Å². The van der Waals surface area contributed by atoms with Crippen LogP contribution in [0.4, 0.5) is 0 Å². The molecule has 162 valence electrons. The molecule has 4 rings (SSSR count). The van der Waals surface area contributed by atoms with Crippen LogP contribution in [0.3, 0.4) is 0 Å². The van der Waals surface area contributed by atoms with Crippen molar-refractivity contribution in [1.82, 2.24) is 14.8 Å². The molecule has 0 N–H and O–H groups in total. The lowest BCUT2D eigenvalue weighted by Gasteiger charge is -2.15. The largest absolute Gasteiger partial charge is 0.484 e. The van der Waals surface area contributed by atoms with E-state index in [9.17, 15) is 4.79 Å². The van der Waals surface area contributed by atoms with E-state index in [2.05, 4.69) is 27.8 Å². The fourth-order valence-electron chi connectivity index (χ4n) is 3.55. The van der Waals surface area contributed by atoms with Gasteiger partial charge in [-0.2, -0.15) is 0 Å². The molecule has 1 aromatic heterocycles. The Bertz CT molecular complexity index is 1120. The number of hydrogen-bond donors (Lipinski definition) is 0. The molecule has 1 saturated carbocycles. The number of ether oxygens (including phenoxy) is 1. The molecule has 31 heavy (non-hydrogen) atoms. The number of Topliss-reactive ketones (excluding diaryl/α,β-unsaturated/α-hetero) is 1. The maximum absolute atomic E-state index is 13.2. The summed E-state index contributed by atoms with van der Waals surface area (Å²) in [6.45, 7) is 8.32. The van der Waals surface area contributed by atoms with Gasteiger partial charge < -0.3 is 4.74 Å². The van der Waals surface area contributed by atoms with Crippen LogP contribution in [0, 0.1) is 20.8 Å². The van der Waals surface area contributed by atoms with Crippen LogP contribution in [0.1, 0.15) is 58.7 Å². The van der Waals surface area contributed by atoms with Crippen LogP contribution in [0.25, 0.3) is 0 Å². The number of aryl methyl sites for hydroxylation is 3. The minimum absolute atomic E-state index is 0.116. The molecule has 3 aromatic rings. The van der Waals surface area contributed by atoms with Crippen molar-refractivity contribution in [3.8, 4) is 5.75 Å². The third kappa shape index (κ3) is 4.80. The molecule has 1 aliphatic carbocycles. The van der Waals surface area contributed by atoms with E-state index in [1.165, 1.54) is 17.3 Å². The summed E-state index contributed by atoms with van der Waals surface area (Å²) in [6, 6.07) is 11.8. The zero-order valence-electron chi connectivity index (χ0n) is 18.2. The number of nitrogens with zero attached hydrogens (tertiary/aromatic N) is 3. The maximum Gasteiger partial charge on any atom is 0.192 e. The van der Waals surface area contributed by atoms with Gasteiger partial charge in [-0.1, -0.05) is 41.6 Å². The fraction of sp³-hybridized carbons (Fsp3) is 0.375. The number of carbonyl (C=O) groups excluding carboxylic acids is 1. The van der Waals surface area contributed by atoms with Crippen molar-refractivity contribution >= 4 is 29.1 Å². The Kier molecular flexibility index (Phi) is 6.39. The van der Waals surface area contributed by atoms with E-state index >= 15 is 0 Å². The zero-order valence-corrected chi connectivity index (χ0v) is 19.8. The first-order chi connectivity index (χ1) is 14.8. The standard InChI is InChI=1S/C24H26ClN3O2S/c1-14-11-16(3)19(12-15(14)2)23(29)17(4)31-24-27-26-22(28(24)18-9-10-18)13-30-21-8-6-5-7-20(21)25/h5-8,11-12,17-18H,9-10,13H2,1-4H3. The van der Waals surface area contributed by atoms with Crippen LogP contribution in [0.2, 0.25) is 5.02 Å². The molecule has 1 atom stereocenters. The van der Waals surface area contributed by atoms with Crippen LogP contribution >= 0.6 is 23.4 Å². The molecule has 2 aromatic carbocycles. The number of ketones is 1. The molecule has 1 fully saturated rings. The average molecular weight is 456 g/mol. The molecule has 0 radical (unpaired) electrons. The number of benzene rings is 2. The molecule has 0 aliphatic heterocycles. The molecule has 0 bridgehead atoms. The number of para-hydroxylation sites is 1. The molecule has 5 nitrogen and oxygen atoms in total. The van der Waals surface area contributed by atoms with Crippen molar-refractivity contribution in [2.24, 2.45) is 0 Å². The van der Waals surface area contributed by atoms with Gasteiger partial charge in [-0.25, -0.2) is 0 Å². The van der Waals surface area contributed by atoms with Crippen molar-refractivity contribution in [1.29, 1.82) is 0 Å². The summed E-state index contributed by atoms with van der Waals surface area (Å²) < 4.78 is 8.01. The molecular weight excluding hydrogens is 430 g/mol. The minimum atomic E-state index is -0.264. The summed E-state index contributed by atoms with van der Waals surface area (Å²) >= 11 is 7.66. The number of aromatic nitrogens is 3. The average Bonchev–Trinajstić information content (AvgIpc) is 3.50. The van der Waals surface area contributed by atoms with Gasteiger partial charge in [0.1, 0.15) is 12.4 Å². The number of rotatable bonds is 8. The highest BCUT2D eigenvalue weighted by Gasteiger charge is 2.31. The Morgan fingerprint density at radius 2 is 1.87 bits per heavy atom. The van der Waals surface area contributed by atoms with Gasteiger partial charge in [0.2, 0.25) is 0 Å². The normalized spacial score (nSPS) is 14.5. The monoisotopic (exact) mass is 455 g/mol. The van der Waals surface area contributed by atoms with E-state index < -0.39 is 0 Å². The molecule has 1 unspecified atom stereocenters. The number of hydrogen-bond acceptors (Lipinski definition) is 5. The predicted octanol–water partition coefficient (Wildman–Crippen LogP) is 6.13. The van der Waals surface area contributed by atoms with Gasteiger partial charge in [-0.05, 0) is 75.4 Å². The quantitative estimate of drug-likeness (QED) is 0.302. The van der Waals surface area contributed by atoms with Crippen LogP contribution in [0.15, 0.2) is 41.6 Å². The fourth-order valence-corrected chi connectivity index (χ4v) is 4.74. The Balaban J connectivity index is 1.51. The molecular formula is C24H26ClN3O2S. The van der Waals surface area contributed by atoms with Gasteiger partial charge in [-0.3, -0.25) is 9.36 Å². The third-order valence-electron chi connectivity index (χ3n) is 5.60. The van der Waals surface area contributed by atoms with Crippen molar-refractivity contribution < 1.29 is 9.53 Å². The SMILES string of the molecule is Cc1cc(C)c(C(=O)C(C)Sc2nnc(COc3ccccc3Cl)n2C2CC2)cc1C. The van der Waals surface area contributed by atoms with Crippen molar-refractivity contribution in [2.45, 2.75) is 63.6 Å². The minimum Gasteiger partial charge on any atom is -0.484 e. The van der Waals surface area contributed by atoms with Gasteiger partial charge in [0.05, 0.1) is 10.3 Å². The third-order valence-corrected chi connectivity index (χ3v) is 6.97. The summed E-state index contributed by atoms with van der Waals surface area (Å²) in [5.41, 5.74) is 4.12. The van der Waals surface area contributed by atoms with Gasteiger partial charge >= 0.3 is 0 Å². The van der Waals surface area contributed by atoms with Crippen LogP contribution < -0.4 is 4.74 Å². The highest BCUT2D eigenvalue weighted by atomic mass is 35.5. The second-order valence-corrected chi connectivity index (χ2v) is 9.81. The van der Waals surface area contributed by atoms with Gasteiger partial charge in [-0.15, -0.1) is 10.2 Å². The summed E-state index contributed by atoms with van der Waals surface area (Å²) in [5.74, 6) is 1.49. The molecule has 1 aliphatic rings. The first kappa shape index (κ1) is 21.9. The van der Waals surface area contributed by atoms with Crippen molar-refractivity contribution in [3.05, 3.63) is 69.5 Å². The molecule has 7 heteroatoms. The van der Waals surface area contributed by atoms with Gasteiger partial charge in [0.15, 0.2) is 16.8 Å². The predicted molar refractivity (Wildman–Crippen MR) is 124 cm³/mol. The molecule has 1 heterocycles. The second kappa shape index (κ2) is 9.05. The van der Waals surface area contributed by atoms with Crippen molar-refractivity contribution in [2.75, 3.05) is 0 Å². The van der Waals surface area contributed by atoms with E-state index in [1.54, 1.807) is 6.07 Å². The number of thioether (sulfide) groups is 1. The Morgan fingerprint density at radius 1 is 1.16 bits per heavy atom. The van der Waals surface area contributed by atoms with Crippen LogP contribution in [0.5, 0.6) is 5.75 Å². The molecule has 0 spiro atoms. The van der Waals surface area contributed by atoms with Crippen LogP contribution in [-0.4, -0.2) is 25.8 Å². The molecule has 0 saturated heterocycles. The van der Waals surface area contributed by atoms with E-state index in [0.717, 1.165) is 40.5 Å². The zero-order chi connectivity index (χ0) is 22.1. The Morgan fingerprint density at radius 3 is 2.58 bits per heavy atom. The van der Waals surface area contributed by atoms with Crippen molar-refractivity contribution in [3.63, 3.8) is 0 Å². The number of halogens is 1. The summed E-state index contributed by atoms with van der Waals surface area (Å²) in [5, 5.41) is 9.83.